The van der Waals surface area contributed by atoms with Crippen LogP contribution in [0, 0.1) is 13.8 Å². The van der Waals surface area contributed by atoms with Gasteiger partial charge in [-0.2, -0.15) is 0 Å². The molecule has 6 heteroatoms. The third-order valence-electron chi connectivity index (χ3n) is 5.90. The van der Waals surface area contributed by atoms with Gasteiger partial charge in [0.2, 0.25) is 0 Å². The molecule has 0 aliphatic carbocycles. The van der Waals surface area contributed by atoms with E-state index in [1.807, 2.05) is 19.2 Å². The van der Waals surface area contributed by atoms with E-state index in [4.69, 9.17) is 14.8 Å². The quantitative estimate of drug-likeness (QED) is 0.354. The normalized spacial score (nSPS) is 13.2. The third-order valence-corrected chi connectivity index (χ3v) is 6.75. The highest BCUT2D eigenvalue weighted by atomic mass is 32.1. The van der Waals surface area contributed by atoms with Gasteiger partial charge in [-0.1, -0.05) is 6.07 Å². The molecule has 2 N–H and O–H groups in total. The van der Waals surface area contributed by atoms with Gasteiger partial charge in [0.25, 0.3) is 0 Å². The number of hydrogen-bond acceptors (Lipinski definition) is 5. The fourth-order valence-corrected chi connectivity index (χ4v) is 5.33. The number of aryl methyl sites for hydroxylation is 3. The lowest BCUT2D eigenvalue weighted by atomic mass is 9.85. The second kappa shape index (κ2) is 9.35. The van der Waals surface area contributed by atoms with Gasteiger partial charge in [0.1, 0.15) is 5.75 Å². The van der Waals surface area contributed by atoms with Gasteiger partial charge in [0.05, 0.1) is 28.8 Å². The van der Waals surface area contributed by atoms with Gasteiger partial charge in [0.15, 0.2) is 0 Å². The molecule has 0 fully saturated rings. The van der Waals surface area contributed by atoms with Crippen LogP contribution in [0.3, 0.4) is 0 Å². The maximum atomic E-state index is 11.7. The zero-order chi connectivity index (χ0) is 24.6. The number of aliphatic carboxylic acids is 1. The number of hydrogen-bond donors (Lipinski definition) is 2. The summed E-state index contributed by atoms with van der Waals surface area (Å²) >= 11 is 1.68. The summed E-state index contributed by atoms with van der Waals surface area (Å²) in [7, 11) is 0. The van der Waals surface area contributed by atoms with Crippen molar-refractivity contribution in [3.63, 3.8) is 0 Å². The van der Waals surface area contributed by atoms with Gasteiger partial charge in [-0.3, -0.25) is 9.78 Å². The van der Waals surface area contributed by atoms with Crippen LogP contribution in [0.15, 0.2) is 35.8 Å². The first-order valence-corrected chi connectivity index (χ1v) is 12.4. The zero-order valence-electron chi connectivity index (χ0n) is 20.4. The van der Waals surface area contributed by atoms with Crippen LogP contribution in [-0.2, 0) is 17.6 Å². The SMILES string of the molecule is CC(C)(C)O.Cc1c(CC(=O)O)c(-c2ccc3c(c2)CCCO3)c(C)c2c1ncc1sccc12. The average Bonchev–Trinajstić information content (AvgIpc) is 3.24. The van der Waals surface area contributed by atoms with Crippen LogP contribution in [0.4, 0.5) is 0 Å². The zero-order valence-corrected chi connectivity index (χ0v) is 21.2. The number of benzene rings is 2. The Hall–Kier alpha value is -2.96. The second-order valence-corrected chi connectivity index (χ2v) is 10.7. The van der Waals surface area contributed by atoms with E-state index in [-0.39, 0.29) is 6.42 Å². The number of ether oxygens (including phenoxy) is 1. The highest BCUT2D eigenvalue weighted by Gasteiger charge is 2.22. The number of rotatable bonds is 3. The lowest BCUT2D eigenvalue weighted by Crippen LogP contribution is -2.10. The van der Waals surface area contributed by atoms with Gasteiger partial charge in [-0.25, -0.2) is 0 Å². The summed E-state index contributed by atoms with van der Waals surface area (Å²) in [5, 5.41) is 22.5. The minimum absolute atomic E-state index is 0.0190. The fraction of sp³-hybridized carbons (Fsp3) is 0.357. The lowest BCUT2D eigenvalue weighted by molar-refractivity contribution is -0.136. The summed E-state index contributed by atoms with van der Waals surface area (Å²) in [6.07, 6.45) is 3.87. The van der Waals surface area contributed by atoms with Crippen LogP contribution >= 0.6 is 11.3 Å². The molecule has 0 radical (unpaired) electrons. The maximum absolute atomic E-state index is 11.7. The van der Waals surface area contributed by atoms with Crippen molar-refractivity contribution in [1.82, 2.24) is 4.98 Å². The molecule has 3 heterocycles. The first-order valence-electron chi connectivity index (χ1n) is 11.5. The van der Waals surface area contributed by atoms with Crippen LogP contribution in [0.25, 0.3) is 32.1 Å². The first-order chi connectivity index (χ1) is 16.0. The Bertz CT molecular complexity index is 1380. The van der Waals surface area contributed by atoms with Crippen molar-refractivity contribution < 1.29 is 19.7 Å². The monoisotopic (exact) mass is 477 g/mol. The highest BCUT2D eigenvalue weighted by molar-refractivity contribution is 7.17. The summed E-state index contributed by atoms with van der Waals surface area (Å²) in [4.78, 5) is 16.4. The van der Waals surface area contributed by atoms with Crippen LogP contribution in [0.2, 0.25) is 0 Å². The van der Waals surface area contributed by atoms with Crippen molar-refractivity contribution in [2.45, 2.75) is 59.5 Å². The van der Waals surface area contributed by atoms with Crippen LogP contribution < -0.4 is 4.74 Å². The number of aromatic nitrogens is 1. The molecule has 1 aliphatic heterocycles. The Morgan fingerprint density at radius 2 is 1.91 bits per heavy atom. The van der Waals surface area contributed by atoms with Crippen molar-refractivity contribution in [3.8, 4) is 16.9 Å². The standard InChI is InChI=1S/C24H21NO3S.C4H10O/c1-13-18(11-21(26)27)22(16-5-6-19-15(10-16)4-3-8-28-19)14(2)23-17-7-9-29-20(17)12-25-24(13)23;1-4(2,3)5/h5-7,9-10,12H,3-4,8,11H2,1-2H3,(H,26,27);5H,1-3H3. The molecule has 0 amide bonds. The summed E-state index contributed by atoms with van der Waals surface area (Å²) in [5.74, 6) is 0.114. The molecule has 0 unspecified atom stereocenters. The van der Waals surface area contributed by atoms with Crippen LogP contribution in [0.1, 0.15) is 49.4 Å². The molecule has 2 aromatic heterocycles. The largest absolute Gasteiger partial charge is 0.493 e. The highest BCUT2D eigenvalue weighted by Crippen LogP contribution is 2.41. The number of nitrogens with zero attached hydrogens (tertiary/aromatic N) is 1. The number of thiophene rings is 1. The van der Waals surface area contributed by atoms with Crippen molar-refractivity contribution in [2.24, 2.45) is 0 Å². The summed E-state index contributed by atoms with van der Waals surface area (Å²) < 4.78 is 6.93. The van der Waals surface area contributed by atoms with Crippen molar-refractivity contribution >= 4 is 38.3 Å². The predicted molar refractivity (Wildman–Crippen MR) is 139 cm³/mol. The molecule has 0 saturated carbocycles. The minimum Gasteiger partial charge on any atom is -0.493 e. The molecule has 5 nitrogen and oxygen atoms in total. The second-order valence-electron chi connectivity index (χ2n) is 9.80. The van der Waals surface area contributed by atoms with E-state index in [1.165, 1.54) is 10.9 Å². The van der Waals surface area contributed by atoms with E-state index in [0.29, 0.717) is 0 Å². The maximum Gasteiger partial charge on any atom is 0.307 e. The molecule has 4 aromatic rings. The third kappa shape index (κ3) is 4.93. The molecule has 0 spiro atoms. The molecule has 5 rings (SSSR count). The van der Waals surface area contributed by atoms with Gasteiger partial charge in [-0.15, -0.1) is 11.3 Å². The van der Waals surface area contributed by atoms with Gasteiger partial charge < -0.3 is 14.9 Å². The fourth-order valence-electron chi connectivity index (χ4n) is 4.57. The number of pyridine rings is 1. The Balaban J connectivity index is 0.000000499. The molecule has 178 valence electrons. The molecule has 0 saturated heterocycles. The Morgan fingerprint density at radius 3 is 2.62 bits per heavy atom. The molecule has 2 aromatic carbocycles. The van der Waals surface area contributed by atoms with Crippen molar-refractivity contribution in [1.29, 1.82) is 0 Å². The Morgan fingerprint density at radius 1 is 1.18 bits per heavy atom. The lowest BCUT2D eigenvalue weighted by Gasteiger charge is -2.22. The number of carboxylic acids is 1. The van der Waals surface area contributed by atoms with Crippen LogP contribution in [-0.4, -0.2) is 33.4 Å². The average molecular weight is 478 g/mol. The van der Waals surface area contributed by atoms with E-state index >= 15 is 0 Å². The van der Waals surface area contributed by atoms with Crippen LogP contribution in [0.5, 0.6) is 5.75 Å². The van der Waals surface area contributed by atoms with E-state index in [1.54, 1.807) is 32.1 Å². The predicted octanol–water partition coefficient (Wildman–Crippen LogP) is 6.46. The van der Waals surface area contributed by atoms with Crippen molar-refractivity contribution in [2.75, 3.05) is 6.61 Å². The van der Waals surface area contributed by atoms with E-state index in [9.17, 15) is 9.90 Å². The topological polar surface area (TPSA) is 79.7 Å². The number of carboxylic acid groups (broad SMARTS) is 1. The molecule has 0 atom stereocenters. The number of carbonyl (C=O) groups is 1. The van der Waals surface area contributed by atoms with Gasteiger partial charge in [-0.05, 0) is 104 Å². The van der Waals surface area contributed by atoms with Crippen molar-refractivity contribution in [3.05, 3.63) is 58.1 Å². The molecular weight excluding hydrogens is 446 g/mol. The molecule has 1 aliphatic rings. The van der Waals surface area contributed by atoms with Gasteiger partial charge >= 0.3 is 5.97 Å². The minimum atomic E-state index is -0.828. The summed E-state index contributed by atoms with van der Waals surface area (Å²) in [6.45, 7) is 10.1. The van der Waals surface area contributed by atoms with E-state index in [2.05, 4.69) is 30.5 Å². The van der Waals surface area contributed by atoms with Gasteiger partial charge in [0, 0.05) is 17.0 Å². The van der Waals surface area contributed by atoms with E-state index < -0.39 is 11.6 Å². The smallest absolute Gasteiger partial charge is 0.307 e. The molecular formula is C28H31NO4S. The molecule has 34 heavy (non-hydrogen) atoms. The first kappa shape index (κ1) is 24.2. The summed E-state index contributed by atoms with van der Waals surface area (Å²) in [6, 6.07) is 8.40. The number of fused-ring (bicyclic) bond motifs is 4. The Kier molecular flexibility index (Phi) is 6.65. The number of aliphatic hydroxyl groups is 1. The van der Waals surface area contributed by atoms with E-state index in [0.717, 1.165) is 68.6 Å². The molecule has 0 bridgehead atoms. The summed E-state index contributed by atoms with van der Waals surface area (Å²) in [5.41, 5.74) is 6.56. The Labute approximate surface area is 204 Å².